The summed E-state index contributed by atoms with van der Waals surface area (Å²) in [7, 11) is 0. The number of nitrogens with zero attached hydrogens (tertiary/aromatic N) is 2. The highest BCUT2D eigenvalue weighted by molar-refractivity contribution is 7.09. The van der Waals surface area contributed by atoms with Crippen molar-refractivity contribution in [2.75, 3.05) is 12.3 Å². The van der Waals surface area contributed by atoms with E-state index in [0.29, 0.717) is 23.5 Å². The standard InChI is InChI=1S/C26H30FN5O4S/c1-5-36-18-12-8-16(9-13-18)21(24(34)30-26(2,3)4)32(14-15-6-10-17(27)11-7-15)25(35)22-19(28)20(23(29)33)31-37-22/h6-13,21H,5,14,28H2,1-4H3,(H2,29,33)(H,30,34). The predicted molar refractivity (Wildman–Crippen MR) is 140 cm³/mol. The first-order valence-corrected chi connectivity index (χ1v) is 12.3. The molecule has 0 radical (unpaired) electrons. The van der Waals surface area contributed by atoms with Crippen LogP contribution in [0.5, 0.6) is 5.75 Å². The van der Waals surface area contributed by atoms with Gasteiger partial charge in [0.25, 0.3) is 11.8 Å². The third-order valence-corrected chi connectivity index (χ3v) is 6.10. The highest BCUT2D eigenvalue weighted by Crippen LogP contribution is 2.31. The molecule has 1 aromatic heterocycles. The van der Waals surface area contributed by atoms with E-state index in [-0.39, 0.29) is 22.8 Å². The predicted octanol–water partition coefficient (Wildman–Crippen LogP) is 3.66. The molecule has 0 aliphatic carbocycles. The van der Waals surface area contributed by atoms with E-state index >= 15 is 0 Å². The molecule has 11 heteroatoms. The molecule has 1 atom stereocenters. The molecule has 0 fully saturated rings. The molecule has 0 aliphatic heterocycles. The van der Waals surface area contributed by atoms with Crippen LogP contribution < -0.4 is 21.5 Å². The van der Waals surface area contributed by atoms with Crippen molar-refractivity contribution in [3.63, 3.8) is 0 Å². The lowest BCUT2D eigenvalue weighted by molar-refractivity contribution is -0.127. The van der Waals surface area contributed by atoms with Gasteiger partial charge in [-0.15, -0.1) is 0 Å². The zero-order valence-electron chi connectivity index (χ0n) is 21.1. The molecule has 5 N–H and O–H groups in total. The summed E-state index contributed by atoms with van der Waals surface area (Å²) in [6.07, 6.45) is 0. The molecule has 9 nitrogen and oxygen atoms in total. The Balaban J connectivity index is 2.15. The number of carbonyl (C=O) groups excluding carboxylic acids is 3. The number of hydrogen-bond donors (Lipinski definition) is 3. The van der Waals surface area contributed by atoms with Crippen LogP contribution >= 0.6 is 11.5 Å². The molecule has 2 aromatic carbocycles. The first-order chi connectivity index (χ1) is 17.4. The lowest BCUT2D eigenvalue weighted by atomic mass is 10.00. The number of halogens is 1. The smallest absolute Gasteiger partial charge is 0.270 e. The van der Waals surface area contributed by atoms with Gasteiger partial charge in [-0.05, 0) is 74.6 Å². The molecule has 3 aromatic rings. The molecule has 0 aliphatic rings. The molecule has 1 unspecified atom stereocenters. The highest BCUT2D eigenvalue weighted by Gasteiger charge is 2.36. The average Bonchev–Trinajstić information content (AvgIpc) is 3.21. The van der Waals surface area contributed by atoms with Gasteiger partial charge >= 0.3 is 0 Å². The summed E-state index contributed by atoms with van der Waals surface area (Å²) in [5.41, 5.74) is 11.5. The fourth-order valence-electron chi connectivity index (χ4n) is 3.65. The van der Waals surface area contributed by atoms with Gasteiger partial charge in [0.15, 0.2) is 5.69 Å². The first-order valence-electron chi connectivity index (χ1n) is 11.6. The van der Waals surface area contributed by atoms with Crippen LogP contribution in [-0.2, 0) is 11.3 Å². The third-order valence-electron chi connectivity index (χ3n) is 5.25. The van der Waals surface area contributed by atoms with E-state index in [4.69, 9.17) is 16.2 Å². The summed E-state index contributed by atoms with van der Waals surface area (Å²) >= 11 is 0.722. The summed E-state index contributed by atoms with van der Waals surface area (Å²) in [5.74, 6) is -1.77. The topological polar surface area (TPSA) is 141 Å². The Morgan fingerprint density at radius 1 is 1.11 bits per heavy atom. The van der Waals surface area contributed by atoms with Crippen LogP contribution in [0, 0.1) is 5.82 Å². The number of rotatable bonds is 9. The minimum atomic E-state index is -1.11. The second-order valence-electron chi connectivity index (χ2n) is 9.34. The number of nitrogens with one attached hydrogen (secondary N) is 1. The molecular formula is C26H30FN5O4S. The molecule has 196 valence electrons. The maximum atomic E-state index is 13.9. The number of anilines is 1. The number of nitrogen functional groups attached to an aromatic ring is 1. The Bertz CT molecular complexity index is 1270. The second kappa shape index (κ2) is 11.4. The number of nitrogens with two attached hydrogens (primary N) is 2. The van der Waals surface area contributed by atoms with Crippen molar-refractivity contribution in [2.24, 2.45) is 5.73 Å². The molecule has 3 amide bonds. The van der Waals surface area contributed by atoms with Crippen LogP contribution in [-0.4, -0.2) is 39.1 Å². The van der Waals surface area contributed by atoms with Crippen molar-refractivity contribution >= 4 is 34.9 Å². The van der Waals surface area contributed by atoms with Crippen LogP contribution in [0.15, 0.2) is 48.5 Å². The number of primary amides is 1. The number of hydrogen-bond acceptors (Lipinski definition) is 7. The first kappa shape index (κ1) is 27.6. The number of benzene rings is 2. The van der Waals surface area contributed by atoms with Crippen molar-refractivity contribution in [1.82, 2.24) is 14.6 Å². The summed E-state index contributed by atoms with van der Waals surface area (Å²) in [6.45, 7) is 7.75. The van der Waals surface area contributed by atoms with Gasteiger partial charge in [0, 0.05) is 12.1 Å². The zero-order chi connectivity index (χ0) is 27.3. The normalized spacial score (nSPS) is 12.0. The molecule has 0 saturated heterocycles. The average molecular weight is 528 g/mol. The van der Waals surface area contributed by atoms with Crippen LogP contribution in [0.25, 0.3) is 0 Å². The Kier molecular flexibility index (Phi) is 8.49. The van der Waals surface area contributed by atoms with Gasteiger partial charge in [0.1, 0.15) is 22.5 Å². The zero-order valence-corrected chi connectivity index (χ0v) is 21.9. The molecule has 3 rings (SSSR count). The number of amides is 3. The number of aromatic nitrogens is 1. The highest BCUT2D eigenvalue weighted by atomic mass is 32.1. The van der Waals surface area contributed by atoms with E-state index in [0.717, 1.165) is 11.5 Å². The van der Waals surface area contributed by atoms with Crippen LogP contribution in [0.4, 0.5) is 10.1 Å². The van der Waals surface area contributed by atoms with Gasteiger partial charge < -0.3 is 26.4 Å². The van der Waals surface area contributed by atoms with Gasteiger partial charge in [-0.2, -0.15) is 4.37 Å². The molecule has 0 spiro atoms. The fourth-order valence-corrected chi connectivity index (χ4v) is 4.41. The summed E-state index contributed by atoms with van der Waals surface area (Å²) in [5, 5.41) is 2.94. The van der Waals surface area contributed by atoms with Crippen molar-refractivity contribution in [2.45, 2.75) is 45.8 Å². The Morgan fingerprint density at radius 3 is 2.24 bits per heavy atom. The van der Waals surface area contributed by atoms with E-state index in [2.05, 4.69) is 9.69 Å². The van der Waals surface area contributed by atoms with Crippen LogP contribution in [0.2, 0.25) is 0 Å². The Morgan fingerprint density at radius 2 is 1.73 bits per heavy atom. The lowest BCUT2D eigenvalue weighted by Crippen LogP contribution is -2.49. The van der Waals surface area contributed by atoms with Gasteiger partial charge in [0.05, 0.1) is 12.3 Å². The molecule has 0 saturated carbocycles. The fraction of sp³-hybridized carbons (Fsp3) is 0.308. The summed E-state index contributed by atoms with van der Waals surface area (Å²) in [6, 6.07) is 11.3. The molecular weight excluding hydrogens is 497 g/mol. The monoisotopic (exact) mass is 527 g/mol. The van der Waals surface area contributed by atoms with Crippen LogP contribution in [0.3, 0.4) is 0 Å². The van der Waals surface area contributed by atoms with E-state index in [1.165, 1.54) is 29.2 Å². The maximum Gasteiger partial charge on any atom is 0.270 e. The van der Waals surface area contributed by atoms with Crippen molar-refractivity contribution < 1.29 is 23.5 Å². The minimum absolute atomic E-state index is 0.0320. The van der Waals surface area contributed by atoms with E-state index in [1.807, 2.05) is 27.7 Å². The van der Waals surface area contributed by atoms with E-state index in [9.17, 15) is 18.8 Å². The Hall–Kier alpha value is -3.99. The largest absolute Gasteiger partial charge is 0.494 e. The summed E-state index contributed by atoms with van der Waals surface area (Å²) < 4.78 is 23.1. The summed E-state index contributed by atoms with van der Waals surface area (Å²) in [4.78, 5) is 40.6. The third kappa shape index (κ3) is 6.82. The van der Waals surface area contributed by atoms with Gasteiger partial charge in [-0.25, -0.2) is 4.39 Å². The second-order valence-corrected chi connectivity index (χ2v) is 10.1. The Labute approximate surface area is 218 Å². The van der Waals surface area contributed by atoms with Crippen molar-refractivity contribution in [1.29, 1.82) is 0 Å². The number of ether oxygens (including phenoxy) is 1. The van der Waals surface area contributed by atoms with Gasteiger partial charge in [0.2, 0.25) is 5.91 Å². The lowest BCUT2D eigenvalue weighted by Gasteiger charge is -2.33. The van der Waals surface area contributed by atoms with Crippen molar-refractivity contribution in [3.8, 4) is 5.75 Å². The SMILES string of the molecule is CCOc1ccc(C(C(=O)NC(C)(C)C)N(Cc2ccc(F)cc2)C(=O)c2snc(C(N)=O)c2N)cc1. The van der Waals surface area contributed by atoms with Crippen molar-refractivity contribution in [3.05, 3.63) is 76.0 Å². The maximum absolute atomic E-state index is 13.9. The van der Waals surface area contributed by atoms with Crippen LogP contribution in [0.1, 0.15) is 65.0 Å². The van der Waals surface area contributed by atoms with E-state index in [1.54, 1.807) is 24.3 Å². The molecule has 37 heavy (non-hydrogen) atoms. The quantitative estimate of drug-likeness (QED) is 0.388. The molecule has 1 heterocycles. The molecule has 0 bridgehead atoms. The van der Waals surface area contributed by atoms with E-state index < -0.39 is 35.1 Å². The van der Waals surface area contributed by atoms with Gasteiger partial charge in [-0.1, -0.05) is 24.3 Å². The minimum Gasteiger partial charge on any atom is -0.494 e. The van der Waals surface area contributed by atoms with Gasteiger partial charge in [-0.3, -0.25) is 14.4 Å². The number of carbonyl (C=O) groups is 3.